The number of imidazole rings is 1. The Kier molecular flexibility index (Phi) is 4.19. The van der Waals surface area contributed by atoms with Gasteiger partial charge in [-0.15, -0.1) is 0 Å². The number of pyridine rings is 2. The van der Waals surface area contributed by atoms with Gasteiger partial charge >= 0.3 is 0 Å². The van der Waals surface area contributed by atoms with E-state index in [4.69, 9.17) is 4.74 Å². The van der Waals surface area contributed by atoms with Crippen LogP contribution in [-0.4, -0.2) is 45.3 Å². The maximum absolute atomic E-state index is 12.4. The minimum atomic E-state index is -2.62. The molecule has 4 aromatic heterocycles. The second-order valence-corrected chi connectivity index (χ2v) is 5.83. The fraction of sp³-hybridized carbons (Fsp3) is 0.167. The molecule has 0 atom stereocenters. The first-order valence-electron chi connectivity index (χ1n) is 8.12. The normalized spacial score (nSPS) is 11.4. The maximum atomic E-state index is 12.4. The summed E-state index contributed by atoms with van der Waals surface area (Å²) in [5, 5.41) is 3.00. The van der Waals surface area contributed by atoms with Gasteiger partial charge in [-0.2, -0.15) is 0 Å². The standard InChI is InChI=1S/C18H15F2N5O2/c1-27-13-4-5-21-17-16(13)11(6-23-17)10-2-3-15-22-7-12(25(15)9-10)18(26)24-8-14(19)20/h2-7,9,14H,8H2,1H3,(H,21,23)(H,24,26). The fourth-order valence-electron chi connectivity index (χ4n) is 2.99. The van der Waals surface area contributed by atoms with Crippen LogP contribution < -0.4 is 10.1 Å². The molecule has 4 aromatic rings. The molecule has 0 aliphatic rings. The maximum Gasteiger partial charge on any atom is 0.270 e. The Morgan fingerprint density at radius 3 is 2.96 bits per heavy atom. The molecule has 7 nitrogen and oxygen atoms in total. The van der Waals surface area contributed by atoms with E-state index >= 15 is 0 Å². The molecule has 2 N–H and O–H groups in total. The number of fused-ring (bicyclic) bond motifs is 2. The third kappa shape index (κ3) is 2.97. The largest absolute Gasteiger partial charge is 0.496 e. The van der Waals surface area contributed by atoms with Crippen LogP contribution in [0.5, 0.6) is 5.75 Å². The number of carbonyl (C=O) groups is 1. The molecule has 4 rings (SSSR count). The number of aromatic amines is 1. The summed E-state index contributed by atoms with van der Waals surface area (Å²) in [4.78, 5) is 23.7. The number of rotatable bonds is 5. The van der Waals surface area contributed by atoms with Crippen LogP contribution in [0, 0.1) is 0 Å². The molecular formula is C18H15F2N5O2. The summed E-state index contributed by atoms with van der Waals surface area (Å²) in [7, 11) is 1.58. The summed E-state index contributed by atoms with van der Waals surface area (Å²) < 4.78 is 31.7. The number of carbonyl (C=O) groups excluding carboxylic acids is 1. The van der Waals surface area contributed by atoms with Gasteiger partial charge in [-0.05, 0) is 18.2 Å². The fourth-order valence-corrected chi connectivity index (χ4v) is 2.99. The van der Waals surface area contributed by atoms with Crippen LogP contribution in [0.25, 0.3) is 27.8 Å². The van der Waals surface area contributed by atoms with Crippen LogP contribution in [0.15, 0.2) is 43.0 Å². The van der Waals surface area contributed by atoms with Crippen molar-refractivity contribution in [1.29, 1.82) is 0 Å². The highest BCUT2D eigenvalue weighted by Crippen LogP contribution is 2.34. The van der Waals surface area contributed by atoms with Crippen molar-refractivity contribution in [3.05, 3.63) is 48.7 Å². The van der Waals surface area contributed by atoms with E-state index in [1.807, 2.05) is 6.07 Å². The number of hydrogen-bond acceptors (Lipinski definition) is 4. The Morgan fingerprint density at radius 2 is 2.19 bits per heavy atom. The summed E-state index contributed by atoms with van der Waals surface area (Å²) in [5.74, 6) is 0.0509. The molecule has 0 fully saturated rings. The first-order chi connectivity index (χ1) is 13.1. The van der Waals surface area contributed by atoms with Gasteiger partial charge in [-0.1, -0.05) is 0 Å². The highest BCUT2D eigenvalue weighted by Gasteiger charge is 2.16. The molecule has 0 bridgehead atoms. The monoisotopic (exact) mass is 371 g/mol. The summed E-state index contributed by atoms with van der Waals surface area (Å²) >= 11 is 0. The Labute approximate surface area is 152 Å². The molecule has 0 radical (unpaired) electrons. The number of amides is 1. The van der Waals surface area contributed by atoms with Gasteiger partial charge in [-0.25, -0.2) is 18.7 Å². The van der Waals surface area contributed by atoms with Gasteiger partial charge in [0, 0.05) is 29.7 Å². The lowest BCUT2D eigenvalue weighted by molar-refractivity contribution is 0.0886. The third-order valence-corrected chi connectivity index (χ3v) is 4.22. The van der Waals surface area contributed by atoms with Gasteiger partial charge in [0.2, 0.25) is 0 Å². The van der Waals surface area contributed by atoms with Crippen LogP contribution in [-0.2, 0) is 0 Å². The van der Waals surface area contributed by atoms with E-state index in [-0.39, 0.29) is 5.69 Å². The second-order valence-electron chi connectivity index (χ2n) is 5.83. The molecule has 27 heavy (non-hydrogen) atoms. The van der Waals surface area contributed by atoms with Crippen LogP contribution in [0.4, 0.5) is 8.78 Å². The van der Waals surface area contributed by atoms with Crippen molar-refractivity contribution in [2.24, 2.45) is 0 Å². The predicted molar refractivity (Wildman–Crippen MR) is 95.2 cm³/mol. The van der Waals surface area contributed by atoms with Crippen molar-refractivity contribution < 1.29 is 18.3 Å². The molecule has 0 aromatic carbocycles. The quantitative estimate of drug-likeness (QED) is 0.565. The van der Waals surface area contributed by atoms with Gasteiger partial charge in [0.1, 0.15) is 22.7 Å². The van der Waals surface area contributed by atoms with Crippen molar-refractivity contribution in [3.63, 3.8) is 0 Å². The van der Waals surface area contributed by atoms with E-state index in [0.29, 0.717) is 17.0 Å². The van der Waals surface area contributed by atoms with E-state index in [0.717, 1.165) is 16.5 Å². The minimum Gasteiger partial charge on any atom is -0.496 e. The first-order valence-corrected chi connectivity index (χ1v) is 8.12. The van der Waals surface area contributed by atoms with Crippen molar-refractivity contribution in [1.82, 2.24) is 24.7 Å². The molecule has 138 valence electrons. The lowest BCUT2D eigenvalue weighted by Crippen LogP contribution is -2.29. The number of nitrogens with zero attached hydrogens (tertiary/aromatic N) is 3. The van der Waals surface area contributed by atoms with Crippen LogP contribution in [0.2, 0.25) is 0 Å². The van der Waals surface area contributed by atoms with Crippen molar-refractivity contribution in [2.45, 2.75) is 6.43 Å². The smallest absolute Gasteiger partial charge is 0.270 e. The first kappa shape index (κ1) is 17.0. The average Bonchev–Trinajstić information content (AvgIpc) is 3.29. The number of methoxy groups -OCH3 is 1. The summed E-state index contributed by atoms with van der Waals surface area (Å²) in [6.45, 7) is -0.711. The zero-order chi connectivity index (χ0) is 19.0. The van der Waals surface area contributed by atoms with Gasteiger partial charge in [-0.3, -0.25) is 9.20 Å². The summed E-state index contributed by atoms with van der Waals surface area (Å²) in [6.07, 6.45) is 3.92. The number of alkyl halides is 2. The summed E-state index contributed by atoms with van der Waals surface area (Å²) in [5.41, 5.74) is 3.01. The van der Waals surface area contributed by atoms with Gasteiger partial charge in [0.05, 0.1) is 25.2 Å². The third-order valence-electron chi connectivity index (χ3n) is 4.22. The van der Waals surface area contributed by atoms with E-state index < -0.39 is 18.9 Å². The molecule has 0 saturated carbocycles. The topological polar surface area (TPSA) is 84.3 Å². The zero-order valence-corrected chi connectivity index (χ0v) is 14.2. The number of H-pyrrole nitrogens is 1. The number of nitrogens with one attached hydrogen (secondary N) is 2. The van der Waals surface area contributed by atoms with E-state index in [9.17, 15) is 13.6 Å². The van der Waals surface area contributed by atoms with E-state index in [1.165, 1.54) is 6.20 Å². The summed E-state index contributed by atoms with van der Waals surface area (Å²) in [6, 6.07) is 5.37. The van der Waals surface area contributed by atoms with Gasteiger partial charge in [0.25, 0.3) is 12.3 Å². The lowest BCUT2D eigenvalue weighted by atomic mass is 10.1. The highest BCUT2D eigenvalue weighted by molar-refractivity contribution is 5.98. The van der Waals surface area contributed by atoms with Crippen molar-refractivity contribution >= 4 is 22.6 Å². The highest BCUT2D eigenvalue weighted by atomic mass is 19.3. The van der Waals surface area contributed by atoms with Gasteiger partial charge < -0.3 is 15.0 Å². The van der Waals surface area contributed by atoms with Crippen LogP contribution in [0.3, 0.4) is 0 Å². The van der Waals surface area contributed by atoms with E-state index in [1.54, 1.807) is 42.2 Å². The van der Waals surface area contributed by atoms with Gasteiger partial charge in [0.15, 0.2) is 0 Å². The molecular weight excluding hydrogens is 356 g/mol. The number of aromatic nitrogens is 4. The molecule has 0 saturated heterocycles. The predicted octanol–water partition coefficient (Wildman–Crippen LogP) is 2.88. The zero-order valence-electron chi connectivity index (χ0n) is 14.2. The molecule has 9 heteroatoms. The van der Waals surface area contributed by atoms with E-state index in [2.05, 4.69) is 20.3 Å². The SMILES string of the molecule is COc1ccnc2[nH]cc(-c3ccc4ncc(C(=O)NCC(F)F)n4c3)c12. The average molecular weight is 371 g/mol. The molecule has 0 aliphatic heterocycles. The minimum absolute atomic E-state index is 0.178. The van der Waals surface area contributed by atoms with Crippen LogP contribution in [0.1, 0.15) is 10.5 Å². The molecule has 4 heterocycles. The van der Waals surface area contributed by atoms with Crippen molar-refractivity contribution in [2.75, 3.05) is 13.7 Å². The Bertz CT molecular complexity index is 1140. The Hall–Kier alpha value is -3.49. The molecule has 0 spiro atoms. The Balaban J connectivity index is 1.80. The number of ether oxygens (including phenoxy) is 1. The van der Waals surface area contributed by atoms with Crippen LogP contribution >= 0.6 is 0 Å². The molecule has 1 amide bonds. The van der Waals surface area contributed by atoms with Crippen molar-refractivity contribution in [3.8, 4) is 16.9 Å². The Morgan fingerprint density at radius 1 is 1.33 bits per heavy atom. The lowest BCUT2D eigenvalue weighted by Gasteiger charge is -2.07. The number of halogens is 2. The number of hydrogen-bond donors (Lipinski definition) is 2. The second kappa shape index (κ2) is 6.67. The molecule has 0 unspecified atom stereocenters. The molecule has 0 aliphatic carbocycles.